The second-order valence-electron chi connectivity index (χ2n) is 7.99. The van der Waals surface area contributed by atoms with Crippen LogP contribution in [0.1, 0.15) is 31.4 Å². The van der Waals surface area contributed by atoms with Crippen molar-refractivity contribution in [3.05, 3.63) is 64.7 Å². The van der Waals surface area contributed by atoms with Crippen LogP contribution in [0.15, 0.2) is 48.5 Å². The van der Waals surface area contributed by atoms with Crippen LogP contribution < -0.4 is 9.62 Å². The number of aryl methyl sites for hydroxylation is 1. The lowest BCUT2D eigenvalue weighted by Gasteiger charge is -2.31. The topological polar surface area (TPSA) is 86.8 Å². The quantitative estimate of drug-likeness (QED) is 0.519. The molecule has 0 aliphatic heterocycles. The molecule has 0 saturated heterocycles. The summed E-state index contributed by atoms with van der Waals surface area (Å²) in [6.07, 6.45) is 2.35. The first-order chi connectivity index (χ1) is 15.5. The summed E-state index contributed by atoms with van der Waals surface area (Å²) in [4.78, 5) is 27.4. The van der Waals surface area contributed by atoms with Gasteiger partial charge in [-0.05, 0) is 49.9 Å². The van der Waals surface area contributed by atoms with Crippen LogP contribution in [-0.4, -0.2) is 57.1 Å². The Morgan fingerprint density at radius 1 is 1.12 bits per heavy atom. The van der Waals surface area contributed by atoms with Gasteiger partial charge in [0.2, 0.25) is 21.8 Å². The molecule has 2 aromatic carbocycles. The van der Waals surface area contributed by atoms with Crippen LogP contribution in [0.3, 0.4) is 0 Å². The second kappa shape index (κ2) is 12.0. The summed E-state index contributed by atoms with van der Waals surface area (Å²) in [6, 6.07) is 13.7. The second-order valence-corrected chi connectivity index (χ2v) is 10.3. The predicted molar refractivity (Wildman–Crippen MR) is 133 cm³/mol. The van der Waals surface area contributed by atoms with E-state index < -0.39 is 28.5 Å². The highest BCUT2D eigenvalue weighted by atomic mass is 35.5. The van der Waals surface area contributed by atoms with Gasteiger partial charge in [-0.2, -0.15) is 0 Å². The van der Waals surface area contributed by atoms with Crippen molar-refractivity contribution in [3.8, 4) is 0 Å². The summed E-state index contributed by atoms with van der Waals surface area (Å²) < 4.78 is 26.1. The predicted octanol–water partition coefficient (Wildman–Crippen LogP) is 3.40. The van der Waals surface area contributed by atoms with E-state index in [4.69, 9.17) is 11.6 Å². The Morgan fingerprint density at radius 2 is 1.79 bits per heavy atom. The number of anilines is 1. The average molecular weight is 494 g/mol. The molecule has 1 atom stereocenters. The fourth-order valence-electron chi connectivity index (χ4n) is 3.32. The first-order valence-corrected chi connectivity index (χ1v) is 13.1. The fourth-order valence-corrected chi connectivity index (χ4v) is 4.33. The minimum atomic E-state index is -3.78. The molecule has 0 unspecified atom stereocenters. The molecule has 2 amide bonds. The molecule has 1 N–H and O–H groups in total. The van der Waals surface area contributed by atoms with E-state index in [9.17, 15) is 18.0 Å². The van der Waals surface area contributed by atoms with Crippen LogP contribution in [0.25, 0.3) is 0 Å². The van der Waals surface area contributed by atoms with Crippen molar-refractivity contribution in [2.75, 3.05) is 30.2 Å². The largest absolute Gasteiger partial charge is 0.354 e. The van der Waals surface area contributed by atoms with E-state index >= 15 is 0 Å². The van der Waals surface area contributed by atoms with Gasteiger partial charge >= 0.3 is 0 Å². The lowest BCUT2D eigenvalue weighted by atomic mass is 10.1. The van der Waals surface area contributed by atoms with Gasteiger partial charge in [0.15, 0.2) is 0 Å². The zero-order valence-corrected chi connectivity index (χ0v) is 21.1. The first kappa shape index (κ1) is 26.7. The van der Waals surface area contributed by atoms with Crippen molar-refractivity contribution >= 4 is 39.1 Å². The molecule has 2 rings (SSSR count). The Hall–Kier alpha value is -2.58. The molecule has 180 valence electrons. The SMILES string of the molecule is CCCNC(=O)[C@H](C)N(CCc1ccccc1)C(=O)CN(c1ccc(C)c(Cl)c1)S(C)(=O)=O. The molecular formula is C24H32ClN3O4S. The molecule has 0 bridgehead atoms. The summed E-state index contributed by atoms with van der Waals surface area (Å²) in [5.74, 6) is -0.741. The Kier molecular flexibility index (Phi) is 9.73. The molecule has 33 heavy (non-hydrogen) atoms. The summed E-state index contributed by atoms with van der Waals surface area (Å²) >= 11 is 6.20. The van der Waals surface area contributed by atoms with Crippen molar-refractivity contribution in [2.45, 2.75) is 39.7 Å². The number of rotatable bonds is 11. The van der Waals surface area contributed by atoms with Crippen molar-refractivity contribution < 1.29 is 18.0 Å². The van der Waals surface area contributed by atoms with Gasteiger partial charge in [0.1, 0.15) is 12.6 Å². The van der Waals surface area contributed by atoms with Gasteiger partial charge in [0.05, 0.1) is 11.9 Å². The third kappa shape index (κ3) is 7.75. The molecule has 0 radical (unpaired) electrons. The van der Waals surface area contributed by atoms with Crippen molar-refractivity contribution in [3.63, 3.8) is 0 Å². The molecule has 0 fully saturated rings. The van der Waals surface area contributed by atoms with Crippen LogP contribution in [0.5, 0.6) is 0 Å². The normalized spacial score (nSPS) is 12.2. The molecule has 7 nitrogen and oxygen atoms in total. The number of sulfonamides is 1. The Bertz CT molecular complexity index is 1060. The Balaban J connectivity index is 2.31. The zero-order valence-electron chi connectivity index (χ0n) is 19.5. The van der Waals surface area contributed by atoms with Gasteiger partial charge in [-0.1, -0.05) is 54.9 Å². The third-order valence-electron chi connectivity index (χ3n) is 5.32. The molecular weight excluding hydrogens is 462 g/mol. The Labute approximate surface area is 201 Å². The van der Waals surface area contributed by atoms with Crippen LogP contribution in [0.4, 0.5) is 5.69 Å². The number of amides is 2. The molecule has 0 spiro atoms. The molecule has 0 saturated carbocycles. The fraction of sp³-hybridized carbons (Fsp3) is 0.417. The highest BCUT2D eigenvalue weighted by molar-refractivity contribution is 7.92. The number of hydrogen-bond acceptors (Lipinski definition) is 4. The molecule has 9 heteroatoms. The van der Waals surface area contributed by atoms with Gasteiger partial charge in [-0.15, -0.1) is 0 Å². The lowest BCUT2D eigenvalue weighted by Crippen LogP contribution is -2.52. The minimum Gasteiger partial charge on any atom is -0.354 e. The summed E-state index contributed by atoms with van der Waals surface area (Å²) in [5, 5.41) is 3.22. The van der Waals surface area contributed by atoms with Crippen LogP contribution in [-0.2, 0) is 26.0 Å². The van der Waals surface area contributed by atoms with Crippen molar-refractivity contribution in [2.24, 2.45) is 0 Å². The average Bonchev–Trinajstić information content (AvgIpc) is 2.77. The summed E-state index contributed by atoms with van der Waals surface area (Å²) in [6.45, 7) is 5.75. The highest BCUT2D eigenvalue weighted by Gasteiger charge is 2.29. The van der Waals surface area contributed by atoms with Gasteiger partial charge < -0.3 is 10.2 Å². The number of nitrogens with one attached hydrogen (secondary N) is 1. The van der Waals surface area contributed by atoms with Crippen LogP contribution in [0.2, 0.25) is 5.02 Å². The van der Waals surface area contributed by atoms with E-state index in [1.54, 1.807) is 19.1 Å². The molecule has 0 heterocycles. The molecule has 0 aliphatic rings. The van der Waals surface area contributed by atoms with E-state index in [2.05, 4.69) is 5.32 Å². The van der Waals surface area contributed by atoms with Gasteiger partial charge in [-0.3, -0.25) is 13.9 Å². The summed E-state index contributed by atoms with van der Waals surface area (Å²) in [7, 11) is -3.78. The monoisotopic (exact) mass is 493 g/mol. The first-order valence-electron chi connectivity index (χ1n) is 10.9. The van der Waals surface area contributed by atoms with Gasteiger partial charge in [-0.25, -0.2) is 8.42 Å². The van der Waals surface area contributed by atoms with Crippen molar-refractivity contribution in [1.82, 2.24) is 10.2 Å². The number of benzene rings is 2. The zero-order chi connectivity index (χ0) is 24.6. The third-order valence-corrected chi connectivity index (χ3v) is 6.87. The number of carbonyl (C=O) groups is 2. The number of nitrogens with zero attached hydrogens (tertiary/aromatic N) is 2. The van der Waals surface area contributed by atoms with E-state index in [0.717, 1.165) is 28.1 Å². The van der Waals surface area contributed by atoms with E-state index in [1.807, 2.05) is 44.2 Å². The van der Waals surface area contributed by atoms with Crippen molar-refractivity contribution in [1.29, 1.82) is 0 Å². The van der Waals surface area contributed by atoms with Crippen LogP contribution in [0, 0.1) is 6.92 Å². The maximum Gasteiger partial charge on any atom is 0.244 e. The maximum atomic E-state index is 13.4. The van der Waals surface area contributed by atoms with E-state index in [0.29, 0.717) is 23.7 Å². The Morgan fingerprint density at radius 3 is 2.36 bits per heavy atom. The van der Waals surface area contributed by atoms with E-state index in [1.165, 1.54) is 11.0 Å². The standard InChI is InChI=1S/C24H32ClN3O4S/c1-5-14-26-24(30)19(3)27(15-13-20-9-7-6-8-10-20)23(29)17-28(33(4,31)32)21-12-11-18(2)22(25)16-21/h6-12,16,19H,5,13-15,17H2,1-4H3,(H,26,30)/t19-/m0/s1. The number of carbonyl (C=O) groups excluding carboxylic acids is 2. The number of halogens is 1. The maximum absolute atomic E-state index is 13.4. The van der Waals surface area contributed by atoms with E-state index in [-0.39, 0.29) is 12.5 Å². The molecule has 2 aromatic rings. The summed E-state index contributed by atoms with van der Waals surface area (Å²) in [5.41, 5.74) is 2.11. The minimum absolute atomic E-state index is 0.274. The van der Waals surface area contributed by atoms with Crippen LogP contribution >= 0.6 is 11.6 Å². The lowest BCUT2D eigenvalue weighted by molar-refractivity contribution is -0.138. The smallest absolute Gasteiger partial charge is 0.244 e. The highest BCUT2D eigenvalue weighted by Crippen LogP contribution is 2.25. The molecule has 0 aliphatic carbocycles. The van der Waals surface area contributed by atoms with Gasteiger partial charge in [0, 0.05) is 18.1 Å². The molecule has 0 aromatic heterocycles. The number of hydrogen-bond donors (Lipinski definition) is 1. The van der Waals surface area contributed by atoms with Gasteiger partial charge in [0.25, 0.3) is 0 Å².